The summed E-state index contributed by atoms with van der Waals surface area (Å²) in [5.41, 5.74) is 8.32. The van der Waals surface area contributed by atoms with Crippen LogP contribution in [-0.4, -0.2) is 21.9 Å². The average Bonchev–Trinajstić information content (AvgIpc) is 2.98. The van der Waals surface area contributed by atoms with Crippen molar-refractivity contribution in [1.82, 2.24) is 9.97 Å². The molecule has 0 bridgehead atoms. The number of hydrogen-bond acceptors (Lipinski definition) is 7. The Kier molecular flexibility index (Phi) is 3.80. The average molecular weight is 309 g/mol. The molecular formula is C13H15N3O2S2. The molecule has 20 heavy (non-hydrogen) atoms. The molecule has 0 saturated heterocycles. The number of carbonyl (C=O) groups is 1. The third-order valence-electron chi connectivity index (χ3n) is 3.20. The predicted molar refractivity (Wildman–Crippen MR) is 82.2 cm³/mol. The van der Waals surface area contributed by atoms with E-state index >= 15 is 0 Å². The van der Waals surface area contributed by atoms with Crippen LogP contribution in [0.2, 0.25) is 0 Å². The van der Waals surface area contributed by atoms with E-state index in [2.05, 4.69) is 9.97 Å². The fraction of sp³-hybridized carbons (Fsp3) is 0.462. The molecule has 0 fully saturated rings. The standard InChI is InChI=1S/C13H15N3O2S2/c1-2-18-13(17)19-6-9-15-10-7-4-3-5-8(7)20-11(10)12(14)16-9/h2-6H2,1H3,(H2,14,15,16). The lowest BCUT2D eigenvalue weighted by atomic mass is 10.2. The molecule has 0 amide bonds. The van der Waals surface area contributed by atoms with E-state index in [9.17, 15) is 4.79 Å². The number of anilines is 1. The van der Waals surface area contributed by atoms with Gasteiger partial charge in [-0.2, -0.15) is 0 Å². The van der Waals surface area contributed by atoms with E-state index in [1.54, 1.807) is 18.3 Å². The molecule has 0 radical (unpaired) electrons. The maximum Gasteiger partial charge on any atom is 0.367 e. The molecule has 2 heterocycles. The van der Waals surface area contributed by atoms with Crippen LogP contribution in [0.4, 0.5) is 10.6 Å². The van der Waals surface area contributed by atoms with Crippen molar-refractivity contribution in [3.63, 3.8) is 0 Å². The normalized spacial score (nSPS) is 13.7. The van der Waals surface area contributed by atoms with Gasteiger partial charge in [-0.15, -0.1) is 11.3 Å². The number of aryl methyl sites for hydroxylation is 2. The van der Waals surface area contributed by atoms with Gasteiger partial charge < -0.3 is 10.5 Å². The summed E-state index contributed by atoms with van der Waals surface area (Å²) in [5, 5.41) is -0.301. The number of nitrogens with zero attached hydrogens (tertiary/aromatic N) is 2. The fourth-order valence-corrected chi connectivity index (χ4v) is 4.18. The molecule has 0 spiro atoms. The molecule has 106 valence electrons. The van der Waals surface area contributed by atoms with Gasteiger partial charge in [0.25, 0.3) is 0 Å². The van der Waals surface area contributed by atoms with Gasteiger partial charge in [0.05, 0.1) is 22.6 Å². The zero-order chi connectivity index (χ0) is 14.1. The molecule has 1 aliphatic rings. The molecule has 3 rings (SSSR count). The van der Waals surface area contributed by atoms with Crippen LogP contribution in [0.3, 0.4) is 0 Å². The Balaban J connectivity index is 1.87. The summed E-state index contributed by atoms with van der Waals surface area (Å²) in [6, 6.07) is 0. The molecular weight excluding hydrogens is 294 g/mol. The second-order valence-corrected chi connectivity index (χ2v) is 6.55. The van der Waals surface area contributed by atoms with Gasteiger partial charge in [0.2, 0.25) is 0 Å². The predicted octanol–water partition coefficient (Wildman–Crippen LogP) is 3.15. The van der Waals surface area contributed by atoms with E-state index in [0.29, 0.717) is 24.0 Å². The molecule has 2 N–H and O–H groups in total. The van der Waals surface area contributed by atoms with Gasteiger partial charge in [0, 0.05) is 4.88 Å². The van der Waals surface area contributed by atoms with E-state index in [4.69, 9.17) is 10.5 Å². The SMILES string of the molecule is CCOC(=O)SCc1nc(N)c2sc3c(c2n1)CCC3. The van der Waals surface area contributed by atoms with Crippen LogP contribution in [-0.2, 0) is 23.3 Å². The van der Waals surface area contributed by atoms with Crippen molar-refractivity contribution in [3.05, 3.63) is 16.3 Å². The van der Waals surface area contributed by atoms with E-state index in [-0.39, 0.29) is 5.30 Å². The molecule has 0 unspecified atom stereocenters. The van der Waals surface area contributed by atoms with Gasteiger partial charge >= 0.3 is 5.30 Å². The zero-order valence-corrected chi connectivity index (χ0v) is 12.8. The monoisotopic (exact) mass is 309 g/mol. The van der Waals surface area contributed by atoms with Crippen molar-refractivity contribution in [2.45, 2.75) is 31.9 Å². The summed E-state index contributed by atoms with van der Waals surface area (Å²) < 4.78 is 5.87. The third-order valence-corrected chi connectivity index (χ3v) is 5.26. The molecule has 0 atom stereocenters. The Morgan fingerprint density at radius 3 is 3.10 bits per heavy atom. The summed E-state index contributed by atoms with van der Waals surface area (Å²) in [5.74, 6) is 1.51. The lowest BCUT2D eigenvalue weighted by molar-refractivity contribution is 0.181. The number of nitrogens with two attached hydrogens (primary N) is 1. The second kappa shape index (κ2) is 5.57. The van der Waals surface area contributed by atoms with E-state index in [1.165, 1.54) is 16.9 Å². The molecule has 2 aromatic rings. The third kappa shape index (κ3) is 2.47. The molecule has 0 aromatic carbocycles. The van der Waals surface area contributed by atoms with Crippen LogP contribution >= 0.6 is 23.1 Å². The topological polar surface area (TPSA) is 78.1 Å². The minimum Gasteiger partial charge on any atom is -0.458 e. The summed E-state index contributed by atoms with van der Waals surface area (Å²) in [4.78, 5) is 21.6. The van der Waals surface area contributed by atoms with Crippen LogP contribution in [0.5, 0.6) is 0 Å². The zero-order valence-electron chi connectivity index (χ0n) is 11.1. The van der Waals surface area contributed by atoms with Crippen molar-refractivity contribution in [1.29, 1.82) is 0 Å². The first-order chi connectivity index (χ1) is 9.69. The summed E-state index contributed by atoms with van der Waals surface area (Å²) in [6.45, 7) is 2.17. The van der Waals surface area contributed by atoms with Gasteiger partial charge in [0.15, 0.2) is 0 Å². The summed E-state index contributed by atoms with van der Waals surface area (Å²) in [6.07, 6.45) is 3.37. The summed E-state index contributed by atoms with van der Waals surface area (Å²) in [7, 11) is 0. The quantitative estimate of drug-likeness (QED) is 0.878. The lowest BCUT2D eigenvalue weighted by Gasteiger charge is -2.03. The smallest absolute Gasteiger partial charge is 0.367 e. The summed E-state index contributed by atoms with van der Waals surface area (Å²) >= 11 is 2.77. The Bertz CT molecular complexity index is 669. The van der Waals surface area contributed by atoms with Crippen LogP contribution in [0.15, 0.2) is 0 Å². The Labute approximate surface area is 124 Å². The maximum absolute atomic E-state index is 11.4. The number of aromatic nitrogens is 2. The first kappa shape index (κ1) is 13.6. The number of ether oxygens (including phenoxy) is 1. The number of rotatable bonds is 3. The number of fused-ring (bicyclic) bond motifs is 3. The van der Waals surface area contributed by atoms with Crippen molar-refractivity contribution in [2.75, 3.05) is 12.3 Å². The first-order valence-corrected chi connectivity index (χ1v) is 8.35. The van der Waals surface area contributed by atoms with Crippen molar-refractivity contribution >= 4 is 44.4 Å². The molecule has 5 nitrogen and oxygen atoms in total. The van der Waals surface area contributed by atoms with Crippen LogP contribution < -0.4 is 5.73 Å². The van der Waals surface area contributed by atoms with Gasteiger partial charge in [-0.3, -0.25) is 0 Å². The van der Waals surface area contributed by atoms with Gasteiger partial charge in [-0.05, 0) is 43.5 Å². The van der Waals surface area contributed by atoms with Crippen LogP contribution in [0, 0.1) is 0 Å². The molecule has 7 heteroatoms. The maximum atomic E-state index is 11.4. The minimum absolute atomic E-state index is 0.301. The highest BCUT2D eigenvalue weighted by Crippen LogP contribution is 2.38. The first-order valence-electron chi connectivity index (χ1n) is 6.55. The minimum atomic E-state index is -0.301. The number of thiophene rings is 1. The van der Waals surface area contributed by atoms with Gasteiger partial charge in [0.1, 0.15) is 11.6 Å². The number of nitrogen functional groups attached to an aromatic ring is 1. The van der Waals surface area contributed by atoms with E-state index in [1.807, 2.05) is 0 Å². The van der Waals surface area contributed by atoms with Gasteiger partial charge in [-0.25, -0.2) is 14.8 Å². The lowest BCUT2D eigenvalue weighted by Crippen LogP contribution is -2.02. The van der Waals surface area contributed by atoms with Gasteiger partial charge in [-0.1, -0.05) is 0 Å². The Hall–Kier alpha value is -1.34. The molecule has 2 aromatic heterocycles. The Morgan fingerprint density at radius 2 is 2.30 bits per heavy atom. The number of hydrogen-bond donors (Lipinski definition) is 1. The highest BCUT2D eigenvalue weighted by atomic mass is 32.2. The second-order valence-electron chi connectivity index (χ2n) is 4.53. The highest BCUT2D eigenvalue weighted by molar-refractivity contribution is 8.12. The fourth-order valence-electron chi connectivity index (χ4n) is 2.37. The van der Waals surface area contributed by atoms with E-state index < -0.39 is 0 Å². The molecule has 1 aliphatic carbocycles. The Morgan fingerprint density at radius 1 is 1.45 bits per heavy atom. The van der Waals surface area contributed by atoms with Crippen LogP contribution in [0.1, 0.15) is 29.6 Å². The highest BCUT2D eigenvalue weighted by Gasteiger charge is 2.21. The number of carbonyl (C=O) groups excluding carboxylic acids is 1. The molecule has 0 saturated carbocycles. The number of thioether (sulfide) groups is 1. The van der Waals surface area contributed by atoms with E-state index in [0.717, 1.165) is 34.8 Å². The van der Waals surface area contributed by atoms with Crippen LogP contribution in [0.25, 0.3) is 10.2 Å². The van der Waals surface area contributed by atoms with Crippen molar-refractivity contribution in [3.8, 4) is 0 Å². The largest absolute Gasteiger partial charge is 0.458 e. The molecule has 0 aliphatic heterocycles. The van der Waals surface area contributed by atoms with Crippen molar-refractivity contribution < 1.29 is 9.53 Å². The van der Waals surface area contributed by atoms with Crippen molar-refractivity contribution in [2.24, 2.45) is 0 Å².